The van der Waals surface area contributed by atoms with Crippen molar-refractivity contribution in [1.82, 2.24) is 15.1 Å². The van der Waals surface area contributed by atoms with Crippen LogP contribution in [0.4, 0.5) is 10.5 Å². The Morgan fingerprint density at radius 2 is 1.88 bits per heavy atom. The standard InChI is InChI=1S/C16H32N4O5Si/c1-22-15-14(17)13-20(19-15)6-8-24-10-9-23-7-5-18-16(21)25-11-12-26(2,3)4/h13H,5-12,17H2,1-4H3,(H,18,21). The molecule has 0 radical (unpaired) electrons. The number of nitrogens with one attached hydrogen (secondary N) is 1. The zero-order valence-corrected chi connectivity index (χ0v) is 17.2. The molecule has 0 unspecified atom stereocenters. The van der Waals surface area contributed by atoms with Gasteiger partial charge in [-0.2, -0.15) is 0 Å². The Morgan fingerprint density at radius 1 is 1.19 bits per heavy atom. The van der Waals surface area contributed by atoms with Gasteiger partial charge in [-0.15, -0.1) is 5.10 Å². The number of hydrogen-bond acceptors (Lipinski definition) is 7. The van der Waals surface area contributed by atoms with Crippen LogP contribution in [-0.2, 0) is 20.8 Å². The van der Waals surface area contributed by atoms with Gasteiger partial charge in [-0.3, -0.25) is 4.68 Å². The van der Waals surface area contributed by atoms with E-state index in [4.69, 9.17) is 24.7 Å². The van der Waals surface area contributed by atoms with Crippen molar-refractivity contribution in [3.63, 3.8) is 0 Å². The summed E-state index contributed by atoms with van der Waals surface area (Å²) in [6.07, 6.45) is 1.31. The average Bonchev–Trinajstić information content (AvgIpc) is 2.92. The van der Waals surface area contributed by atoms with Gasteiger partial charge in [-0.25, -0.2) is 4.79 Å². The van der Waals surface area contributed by atoms with Crippen LogP contribution in [0.5, 0.6) is 5.88 Å². The molecule has 1 heterocycles. The first-order valence-corrected chi connectivity index (χ1v) is 12.5. The number of nitrogen functional groups attached to an aromatic ring is 1. The lowest BCUT2D eigenvalue weighted by atomic mass is 10.6. The molecule has 0 aromatic carbocycles. The van der Waals surface area contributed by atoms with E-state index in [1.165, 1.54) is 7.11 Å². The fourth-order valence-corrected chi connectivity index (χ4v) is 2.61. The Hall–Kier alpha value is -1.78. The maximum Gasteiger partial charge on any atom is 0.407 e. The molecule has 1 rings (SSSR count). The quantitative estimate of drug-likeness (QED) is 0.390. The number of nitrogens with two attached hydrogens (primary N) is 1. The summed E-state index contributed by atoms with van der Waals surface area (Å²) in [5.74, 6) is 0.417. The minimum atomic E-state index is -1.17. The minimum Gasteiger partial charge on any atom is -0.478 e. The molecule has 0 bridgehead atoms. The Morgan fingerprint density at radius 3 is 2.50 bits per heavy atom. The van der Waals surface area contributed by atoms with Gasteiger partial charge in [-0.05, 0) is 6.04 Å². The predicted molar refractivity (Wildman–Crippen MR) is 102 cm³/mol. The second kappa shape index (κ2) is 11.8. The molecule has 0 saturated carbocycles. The van der Waals surface area contributed by atoms with Gasteiger partial charge < -0.3 is 30.0 Å². The van der Waals surface area contributed by atoms with Crippen LogP contribution >= 0.6 is 0 Å². The van der Waals surface area contributed by atoms with Crippen LogP contribution in [0.3, 0.4) is 0 Å². The van der Waals surface area contributed by atoms with Crippen LogP contribution < -0.4 is 15.8 Å². The van der Waals surface area contributed by atoms with Crippen molar-refractivity contribution in [2.75, 3.05) is 52.4 Å². The lowest BCUT2D eigenvalue weighted by Gasteiger charge is -2.15. The third kappa shape index (κ3) is 10.3. The molecule has 0 spiro atoms. The van der Waals surface area contributed by atoms with Crippen molar-refractivity contribution in [3.05, 3.63) is 6.20 Å². The maximum absolute atomic E-state index is 11.5. The van der Waals surface area contributed by atoms with E-state index in [1.54, 1.807) is 10.9 Å². The molecule has 1 amide bonds. The van der Waals surface area contributed by atoms with Gasteiger partial charge >= 0.3 is 6.09 Å². The molecule has 0 aliphatic heterocycles. The summed E-state index contributed by atoms with van der Waals surface area (Å²) in [5.41, 5.74) is 6.21. The first-order chi connectivity index (χ1) is 12.3. The number of aromatic nitrogens is 2. The number of alkyl carbamates (subject to hydrolysis) is 1. The van der Waals surface area contributed by atoms with E-state index >= 15 is 0 Å². The van der Waals surface area contributed by atoms with Gasteiger partial charge in [0.05, 0.1) is 52.9 Å². The average molecular weight is 389 g/mol. The lowest BCUT2D eigenvalue weighted by Crippen LogP contribution is -2.30. The summed E-state index contributed by atoms with van der Waals surface area (Å²) in [4.78, 5) is 11.5. The molecule has 9 nitrogen and oxygen atoms in total. The van der Waals surface area contributed by atoms with E-state index in [2.05, 4.69) is 30.1 Å². The lowest BCUT2D eigenvalue weighted by molar-refractivity contribution is 0.0446. The third-order valence-corrected chi connectivity index (χ3v) is 5.09. The van der Waals surface area contributed by atoms with Gasteiger partial charge in [0.1, 0.15) is 5.69 Å². The zero-order valence-electron chi connectivity index (χ0n) is 16.2. The normalized spacial score (nSPS) is 11.4. The van der Waals surface area contributed by atoms with Gasteiger partial charge in [0.15, 0.2) is 0 Å². The first-order valence-electron chi connectivity index (χ1n) is 8.75. The van der Waals surface area contributed by atoms with E-state index < -0.39 is 14.2 Å². The van der Waals surface area contributed by atoms with Crippen LogP contribution in [0.25, 0.3) is 0 Å². The van der Waals surface area contributed by atoms with Crippen LogP contribution in [0.15, 0.2) is 6.20 Å². The van der Waals surface area contributed by atoms with Crippen molar-refractivity contribution >= 4 is 19.9 Å². The summed E-state index contributed by atoms with van der Waals surface area (Å²) in [6.45, 7) is 10.0. The Labute approximate surface area is 156 Å². The number of ether oxygens (including phenoxy) is 4. The number of carbonyl (C=O) groups is 1. The smallest absolute Gasteiger partial charge is 0.407 e. The number of rotatable bonds is 13. The SMILES string of the molecule is COc1nn(CCOCCOCCNC(=O)OCC[Si](C)(C)C)cc1N. The summed E-state index contributed by atoms with van der Waals surface area (Å²) in [5, 5.41) is 6.80. The number of nitrogens with zero attached hydrogens (tertiary/aromatic N) is 2. The highest BCUT2D eigenvalue weighted by atomic mass is 28.3. The fourth-order valence-electron chi connectivity index (χ4n) is 1.90. The van der Waals surface area contributed by atoms with E-state index in [1.807, 2.05) is 0 Å². The van der Waals surface area contributed by atoms with E-state index in [0.717, 1.165) is 6.04 Å². The van der Waals surface area contributed by atoms with Crippen LogP contribution in [0.1, 0.15) is 0 Å². The third-order valence-electron chi connectivity index (χ3n) is 3.39. The molecule has 10 heteroatoms. The monoisotopic (exact) mass is 388 g/mol. The van der Waals surface area contributed by atoms with Crippen molar-refractivity contribution in [2.45, 2.75) is 32.2 Å². The maximum atomic E-state index is 11.5. The molecule has 1 aromatic heterocycles. The molecule has 26 heavy (non-hydrogen) atoms. The van der Waals surface area contributed by atoms with Crippen molar-refractivity contribution in [2.24, 2.45) is 0 Å². The molecular weight excluding hydrogens is 356 g/mol. The zero-order chi connectivity index (χ0) is 19.4. The fraction of sp³-hybridized carbons (Fsp3) is 0.750. The van der Waals surface area contributed by atoms with Gasteiger partial charge in [-0.1, -0.05) is 19.6 Å². The highest BCUT2D eigenvalue weighted by molar-refractivity contribution is 6.76. The van der Waals surface area contributed by atoms with Crippen LogP contribution in [-0.4, -0.2) is 70.6 Å². The Kier molecular flexibility index (Phi) is 10.1. The molecule has 0 aliphatic rings. The van der Waals surface area contributed by atoms with Crippen LogP contribution in [0.2, 0.25) is 25.7 Å². The summed E-state index contributed by atoms with van der Waals surface area (Å²) < 4.78 is 22.6. The highest BCUT2D eigenvalue weighted by Crippen LogP contribution is 2.16. The molecule has 0 aliphatic carbocycles. The number of methoxy groups -OCH3 is 1. The summed E-state index contributed by atoms with van der Waals surface area (Å²) in [6, 6.07) is 0.964. The summed E-state index contributed by atoms with van der Waals surface area (Å²) in [7, 11) is 0.356. The largest absolute Gasteiger partial charge is 0.478 e. The number of anilines is 1. The highest BCUT2D eigenvalue weighted by Gasteiger charge is 2.13. The molecule has 150 valence electrons. The summed E-state index contributed by atoms with van der Waals surface area (Å²) >= 11 is 0. The Bertz CT molecular complexity index is 533. The van der Waals surface area contributed by atoms with Crippen molar-refractivity contribution in [1.29, 1.82) is 0 Å². The van der Waals surface area contributed by atoms with Gasteiger partial charge in [0, 0.05) is 14.6 Å². The minimum absolute atomic E-state index is 0.392. The molecule has 0 saturated heterocycles. The van der Waals surface area contributed by atoms with Crippen molar-refractivity contribution < 1.29 is 23.7 Å². The van der Waals surface area contributed by atoms with E-state index in [0.29, 0.717) is 57.7 Å². The molecule has 0 atom stereocenters. The van der Waals surface area contributed by atoms with Gasteiger partial charge in [0.25, 0.3) is 5.88 Å². The van der Waals surface area contributed by atoms with E-state index in [9.17, 15) is 4.79 Å². The molecule has 1 aromatic rings. The molecule has 3 N–H and O–H groups in total. The topological polar surface area (TPSA) is 110 Å². The number of amides is 1. The number of hydrogen-bond donors (Lipinski definition) is 2. The second-order valence-corrected chi connectivity index (χ2v) is 12.6. The Balaban J connectivity index is 1.92. The second-order valence-electron chi connectivity index (χ2n) is 6.95. The molecular formula is C16H32N4O5Si. The number of carbonyl (C=O) groups excluding carboxylic acids is 1. The first kappa shape index (κ1) is 22.3. The molecule has 0 fully saturated rings. The van der Waals surface area contributed by atoms with Gasteiger partial charge in [0.2, 0.25) is 0 Å². The predicted octanol–water partition coefficient (Wildman–Crippen LogP) is 1.57. The van der Waals surface area contributed by atoms with Crippen molar-refractivity contribution in [3.8, 4) is 5.88 Å². The van der Waals surface area contributed by atoms with Crippen LogP contribution in [0, 0.1) is 0 Å². The van der Waals surface area contributed by atoms with E-state index in [-0.39, 0.29) is 0 Å².